The maximum atomic E-state index is 4.35. The Bertz CT molecular complexity index is 70.6. The molecule has 0 aromatic rings. The van der Waals surface area contributed by atoms with E-state index in [-0.39, 0.29) is 16.5 Å². The molecule has 9 heavy (non-hydrogen) atoms. The zero-order chi connectivity index (χ0) is 7.15. The first-order valence-corrected chi connectivity index (χ1v) is 3.45. The summed E-state index contributed by atoms with van der Waals surface area (Å²) >= 11 is 17.4. The molecule has 0 aliphatic heterocycles. The fourth-order valence-corrected chi connectivity index (χ4v) is 0. The van der Waals surface area contributed by atoms with Gasteiger partial charge in [0.25, 0.3) is 0 Å². The SMILES string of the molecule is CC(=S)[S-].CC(=S)[S-].[Ni+2]. The van der Waals surface area contributed by atoms with Crippen LogP contribution in [0.5, 0.6) is 0 Å². The van der Waals surface area contributed by atoms with Crippen LogP contribution in [-0.4, -0.2) is 8.39 Å². The third kappa shape index (κ3) is 372. The van der Waals surface area contributed by atoms with E-state index in [0.29, 0.717) is 8.39 Å². The van der Waals surface area contributed by atoms with Gasteiger partial charge in [-0.15, -0.1) is 0 Å². The first-order chi connectivity index (χ1) is 3.46. The summed E-state index contributed by atoms with van der Waals surface area (Å²) in [5.41, 5.74) is 0. The van der Waals surface area contributed by atoms with Crippen LogP contribution in [0.3, 0.4) is 0 Å². The van der Waals surface area contributed by atoms with Crippen molar-refractivity contribution in [3.63, 3.8) is 0 Å². The fourth-order valence-electron chi connectivity index (χ4n) is 0. The van der Waals surface area contributed by atoms with Gasteiger partial charge in [0.2, 0.25) is 0 Å². The predicted octanol–water partition coefficient (Wildman–Crippen LogP) is 1.76. The minimum atomic E-state index is 0. The molecule has 0 rings (SSSR count). The molecule has 0 N–H and O–H groups in total. The standard InChI is InChI=1S/2C2H4S2.Ni/c2*1-2(3)4;/h2*1H3,(H,3,4);/q;;+2/p-2. The second-order valence-electron chi connectivity index (χ2n) is 0.983. The molecule has 56 valence electrons. The summed E-state index contributed by atoms with van der Waals surface area (Å²) in [7, 11) is 0. The number of thiocarbonyl (C=S) groups is 2. The quantitative estimate of drug-likeness (QED) is 0.360. The summed E-state index contributed by atoms with van der Waals surface area (Å²) in [4.78, 5) is 0. The van der Waals surface area contributed by atoms with Gasteiger partial charge in [-0.25, -0.2) is 0 Å². The Labute approximate surface area is 87.9 Å². The first kappa shape index (κ1) is 16.6. The van der Waals surface area contributed by atoms with Crippen molar-refractivity contribution in [1.29, 1.82) is 0 Å². The molecule has 0 atom stereocenters. The van der Waals surface area contributed by atoms with E-state index < -0.39 is 0 Å². The molecule has 0 saturated heterocycles. The van der Waals surface area contributed by atoms with Crippen LogP contribution in [0.4, 0.5) is 0 Å². The fraction of sp³-hybridized carbons (Fsp3) is 0.500. The summed E-state index contributed by atoms with van der Waals surface area (Å²) in [5.74, 6) is 0. The van der Waals surface area contributed by atoms with Crippen molar-refractivity contribution in [3.8, 4) is 0 Å². The van der Waals surface area contributed by atoms with Crippen LogP contribution in [0, 0.1) is 0 Å². The molecule has 0 unspecified atom stereocenters. The van der Waals surface area contributed by atoms with Gasteiger partial charge in [0.1, 0.15) is 0 Å². The number of rotatable bonds is 0. The molecule has 0 bridgehead atoms. The van der Waals surface area contributed by atoms with E-state index >= 15 is 0 Å². The molecule has 0 aliphatic rings. The van der Waals surface area contributed by atoms with Gasteiger partial charge >= 0.3 is 16.5 Å². The predicted molar refractivity (Wildman–Crippen MR) is 51.3 cm³/mol. The summed E-state index contributed by atoms with van der Waals surface area (Å²) in [6.45, 7) is 3.43. The zero-order valence-electron chi connectivity index (χ0n) is 4.95. The first-order valence-electron chi connectivity index (χ1n) is 1.82. The van der Waals surface area contributed by atoms with Gasteiger partial charge < -0.3 is 49.7 Å². The smallest absolute Gasteiger partial charge is 0.433 e. The van der Waals surface area contributed by atoms with E-state index in [0.717, 1.165) is 0 Å². The van der Waals surface area contributed by atoms with Crippen molar-refractivity contribution in [3.05, 3.63) is 0 Å². The second-order valence-corrected chi connectivity index (χ2v) is 3.95. The molecule has 0 saturated carbocycles. The summed E-state index contributed by atoms with van der Waals surface area (Å²) < 4.78 is 1.17. The molecule has 5 heteroatoms. The Balaban J connectivity index is -0.0000000720. The molecule has 0 amide bonds. The van der Waals surface area contributed by atoms with E-state index in [1.807, 2.05) is 0 Å². The van der Waals surface area contributed by atoms with Crippen LogP contribution in [0.1, 0.15) is 13.8 Å². The number of hydrogen-bond donors (Lipinski definition) is 0. The Morgan fingerprint density at radius 3 is 1.00 bits per heavy atom. The molecule has 0 spiro atoms. The van der Waals surface area contributed by atoms with Crippen molar-refractivity contribution in [2.24, 2.45) is 0 Å². The Morgan fingerprint density at radius 1 is 1.00 bits per heavy atom. The van der Waals surface area contributed by atoms with E-state index in [1.165, 1.54) is 0 Å². The molecule has 0 aromatic heterocycles. The molecular weight excluding hydrogens is 235 g/mol. The van der Waals surface area contributed by atoms with E-state index in [2.05, 4.69) is 49.7 Å². The summed E-state index contributed by atoms with van der Waals surface area (Å²) in [6.07, 6.45) is 0. The number of hydrogen-bond acceptors (Lipinski definition) is 4. The van der Waals surface area contributed by atoms with Crippen LogP contribution in [-0.2, 0) is 41.7 Å². The van der Waals surface area contributed by atoms with Gasteiger partial charge in [0, 0.05) is 0 Å². The van der Waals surface area contributed by atoms with Crippen LogP contribution in [0.15, 0.2) is 0 Å². The third-order valence-corrected chi connectivity index (χ3v) is 0. The Morgan fingerprint density at radius 2 is 1.00 bits per heavy atom. The van der Waals surface area contributed by atoms with Crippen LogP contribution in [0.2, 0.25) is 0 Å². The molecule has 0 nitrogen and oxygen atoms in total. The van der Waals surface area contributed by atoms with Crippen molar-refractivity contribution in [2.45, 2.75) is 13.8 Å². The normalized spacial score (nSPS) is 5.56. The van der Waals surface area contributed by atoms with Gasteiger partial charge in [0.05, 0.1) is 0 Å². The molecule has 0 fully saturated rings. The minimum Gasteiger partial charge on any atom is -0.433 e. The van der Waals surface area contributed by atoms with E-state index in [1.54, 1.807) is 13.8 Å². The van der Waals surface area contributed by atoms with Crippen molar-refractivity contribution in [1.82, 2.24) is 0 Å². The van der Waals surface area contributed by atoms with Crippen molar-refractivity contribution in [2.75, 3.05) is 0 Å². The zero-order valence-corrected chi connectivity index (χ0v) is 9.20. The summed E-state index contributed by atoms with van der Waals surface area (Å²) in [6, 6.07) is 0. The van der Waals surface area contributed by atoms with Crippen molar-refractivity contribution >= 4 is 58.1 Å². The Hall–Kier alpha value is 1.11. The molecule has 0 aliphatic carbocycles. The van der Waals surface area contributed by atoms with Crippen LogP contribution >= 0.6 is 24.4 Å². The summed E-state index contributed by atoms with van der Waals surface area (Å²) in [5, 5.41) is 0. The maximum Gasteiger partial charge on any atom is 2.00 e. The second kappa shape index (κ2) is 11.9. The molecular formula is C4H6NiS4. The van der Waals surface area contributed by atoms with E-state index in [9.17, 15) is 0 Å². The van der Waals surface area contributed by atoms with Crippen molar-refractivity contribution < 1.29 is 16.5 Å². The van der Waals surface area contributed by atoms with Gasteiger partial charge in [-0.3, -0.25) is 0 Å². The molecule has 0 heterocycles. The molecule has 0 aromatic carbocycles. The largest absolute Gasteiger partial charge is 2.00 e. The monoisotopic (exact) mass is 240 g/mol. The van der Waals surface area contributed by atoms with Crippen LogP contribution < -0.4 is 0 Å². The van der Waals surface area contributed by atoms with Gasteiger partial charge in [-0.1, -0.05) is 13.8 Å². The van der Waals surface area contributed by atoms with Gasteiger partial charge in [-0.05, 0) is 0 Å². The third-order valence-electron chi connectivity index (χ3n) is 0. The Kier molecular flexibility index (Phi) is 21.9. The van der Waals surface area contributed by atoms with Gasteiger partial charge in [-0.2, -0.15) is 8.39 Å². The topological polar surface area (TPSA) is 0 Å². The van der Waals surface area contributed by atoms with E-state index in [4.69, 9.17) is 0 Å². The van der Waals surface area contributed by atoms with Gasteiger partial charge in [0.15, 0.2) is 0 Å². The minimum absolute atomic E-state index is 0. The maximum absolute atomic E-state index is 4.35. The molecule has 0 radical (unpaired) electrons. The van der Waals surface area contributed by atoms with Crippen LogP contribution in [0.25, 0.3) is 0 Å². The average molecular weight is 241 g/mol. The average Bonchev–Trinajstić information content (AvgIpc) is 1.25.